The monoisotopic (exact) mass is 405 g/mol. The quantitative estimate of drug-likeness (QED) is 0.543. The summed E-state index contributed by atoms with van der Waals surface area (Å²) in [5.74, 6) is -0.411. The molecule has 2 aromatic carbocycles. The summed E-state index contributed by atoms with van der Waals surface area (Å²) < 4.78 is 0. The maximum absolute atomic E-state index is 12.5. The largest absolute Gasteiger partial charge is 0.325 e. The molecule has 30 heavy (non-hydrogen) atoms. The van der Waals surface area contributed by atoms with Crippen LogP contribution in [0.2, 0.25) is 0 Å². The first kappa shape index (κ1) is 21.8. The van der Waals surface area contributed by atoms with E-state index in [1.165, 1.54) is 23.1 Å². The fourth-order valence-electron chi connectivity index (χ4n) is 3.70. The Balaban J connectivity index is 1.56. The van der Waals surface area contributed by atoms with Crippen molar-refractivity contribution in [1.82, 2.24) is 5.43 Å². The molecule has 0 heterocycles. The van der Waals surface area contributed by atoms with Crippen LogP contribution in [0.3, 0.4) is 0 Å². The van der Waals surface area contributed by atoms with E-state index in [9.17, 15) is 9.59 Å². The zero-order valence-electron chi connectivity index (χ0n) is 18.3. The number of anilines is 1. The number of rotatable bonds is 5. The van der Waals surface area contributed by atoms with Crippen LogP contribution in [-0.4, -0.2) is 17.5 Å². The molecule has 0 bridgehead atoms. The van der Waals surface area contributed by atoms with E-state index in [0.717, 1.165) is 24.9 Å². The van der Waals surface area contributed by atoms with E-state index >= 15 is 0 Å². The standard InChI is InChI=1S/C25H31N3O2/c1-17(27-28-24(30)19-12-14-20(15-13-19)25(2,3)4)16-23(29)26-22-11-7-9-18-8-5-6-10-21(18)22/h7,9,11-15H,5-6,8,10,16H2,1-4H3,(H,26,29)(H,28,30). The lowest BCUT2D eigenvalue weighted by molar-refractivity contribution is -0.115. The van der Waals surface area contributed by atoms with Gasteiger partial charge < -0.3 is 5.32 Å². The SMILES string of the molecule is CC(CC(=O)Nc1cccc2c1CCCC2)=NNC(=O)c1ccc(C(C)(C)C)cc1. The van der Waals surface area contributed by atoms with Gasteiger partial charge in [-0.2, -0.15) is 5.10 Å². The van der Waals surface area contributed by atoms with E-state index in [4.69, 9.17) is 0 Å². The molecule has 1 aliphatic carbocycles. The molecule has 2 amide bonds. The molecule has 2 aromatic rings. The summed E-state index contributed by atoms with van der Waals surface area (Å²) in [6.45, 7) is 8.13. The first-order valence-corrected chi connectivity index (χ1v) is 10.6. The lowest BCUT2D eigenvalue weighted by Gasteiger charge is -2.19. The normalized spacial score (nSPS) is 14.1. The maximum Gasteiger partial charge on any atom is 0.271 e. The van der Waals surface area contributed by atoms with Crippen LogP contribution in [0.15, 0.2) is 47.6 Å². The Labute approximate surface area is 179 Å². The van der Waals surface area contributed by atoms with Gasteiger partial charge in [-0.15, -0.1) is 0 Å². The Bertz CT molecular complexity index is 953. The van der Waals surface area contributed by atoms with Gasteiger partial charge in [0.1, 0.15) is 0 Å². The number of carbonyl (C=O) groups excluding carboxylic acids is 2. The fraction of sp³-hybridized carbons (Fsp3) is 0.400. The second-order valence-corrected chi connectivity index (χ2v) is 8.99. The highest BCUT2D eigenvalue weighted by atomic mass is 16.2. The molecule has 0 saturated heterocycles. The summed E-state index contributed by atoms with van der Waals surface area (Å²) in [6.07, 6.45) is 4.57. The van der Waals surface area contributed by atoms with E-state index in [-0.39, 0.29) is 23.7 Å². The van der Waals surface area contributed by atoms with E-state index in [0.29, 0.717) is 11.3 Å². The topological polar surface area (TPSA) is 70.6 Å². The van der Waals surface area contributed by atoms with Crippen LogP contribution < -0.4 is 10.7 Å². The molecular weight excluding hydrogens is 374 g/mol. The first-order chi connectivity index (χ1) is 14.2. The molecule has 1 aliphatic rings. The zero-order valence-corrected chi connectivity index (χ0v) is 18.3. The van der Waals surface area contributed by atoms with Crippen LogP contribution in [0.5, 0.6) is 0 Å². The van der Waals surface area contributed by atoms with Crippen molar-refractivity contribution in [2.24, 2.45) is 5.10 Å². The maximum atomic E-state index is 12.5. The zero-order chi connectivity index (χ0) is 21.7. The van der Waals surface area contributed by atoms with Gasteiger partial charge in [0.2, 0.25) is 5.91 Å². The summed E-state index contributed by atoms with van der Waals surface area (Å²) in [5.41, 5.74) is 8.31. The Kier molecular flexibility index (Phi) is 6.70. The van der Waals surface area contributed by atoms with E-state index < -0.39 is 0 Å². The highest BCUT2D eigenvalue weighted by Gasteiger charge is 2.16. The smallest absolute Gasteiger partial charge is 0.271 e. The molecule has 0 atom stereocenters. The Morgan fingerprint density at radius 3 is 2.40 bits per heavy atom. The number of aryl methyl sites for hydroxylation is 1. The lowest BCUT2D eigenvalue weighted by Crippen LogP contribution is -2.22. The number of nitrogens with zero attached hydrogens (tertiary/aromatic N) is 1. The second kappa shape index (κ2) is 9.24. The van der Waals surface area contributed by atoms with Gasteiger partial charge in [-0.1, -0.05) is 45.0 Å². The van der Waals surface area contributed by atoms with Crippen LogP contribution in [0.4, 0.5) is 5.69 Å². The third kappa shape index (κ3) is 5.56. The Hall–Kier alpha value is -2.95. The molecule has 0 aromatic heterocycles. The number of hydrogen-bond donors (Lipinski definition) is 2. The summed E-state index contributed by atoms with van der Waals surface area (Å²) >= 11 is 0. The predicted octanol–water partition coefficient (Wildman–Crippen LogP) is 5.00. The number of amides is 2. The fourth-order valence-corrected chi connectivity index (χ4v) is 3.70. The van der Waals surface area contributed by atoms with Gasteiger partial charge in [-0.05, 0) is 72.9 Å². The molecule has 0 unspecified atom stereocenters. The van der Waals surface area contributed by atoms with Gasteiger partial charge in [0.05, 0.1) is 6.42 Å². The van der Waals surface area contributed by atoms with Crippen LogP contribution in [0.1, 0.15) is 74.0 Å². The molecule has 5 heteroatoms. The van der Waals surface area contributed by atoms with Crippen LogP contribution in [0, 0.1) is 0 Å². The minimum Gasteiger partial charge on any atom is -0.325 e. The van der Waals surface area contributed by atoms with Crippen molar-refractivity contribution in [1.29, 1.82) is 0 Å². The summed E-state index contributed by atoms with van der Waals surface area (Å²) in [7, 11) is 0. The molecule has 5 nitrogen and oxygen atoms in total. The molecule has 0 fully saturated rings. The van der Waals surface area contributed by atoms with Gasteiger partial charge in [-0.25, -0.2) is 5.43 Å². The average Bonchev–Trinajstić information content (AvgIpc) is 2.71. The molecule has 3 rings (SSSR count). The van der Waals surface area contributed by atoms with Crippen molar-refractivity contribution in [3.63, 3.8) is 0 Å². The summed E-state index contributed by atoms with van der Waals surface area (Å²) in [6, 6.07) is 13.6. The second-order valence-electron chi connectivity index (χ2n) is 8.99. The Morgan fingerprint density at radius 1 is 1.00 bits per heavy atom. The number of fused-ring (bicyclic) bond motifs is 1. The van der Waals surface area contributed by atoms with Crippen molar-refractivity contribution in [2.45, 2.75) is 65.2 Å². The van der Waals surface area contributed by atoms with E-state index in [1.807, 2.05) is 24.3 Å². The van der Waals surface area contributed by atoms with Gasteiger partial charge in [-0.3, -0.25) is 9.59 Å². The van der Waals surface area contributed by atoms with Crippen molar-refractivity contribution >= 4 is 23.2 Å². The van der Waals surface area contributed by atoms with Crippen LogP contribution in [-0.2, 0) is 23.1 Å². The van der Waals surface area contributed by atoms with Gasteiger partial charge >= 0.3 is 0 Å². The number of hydrazone groups is 1. The van der Waals surface area contributed by atoms with E-state index in [1.54, 1.807) is 19.1 Å². The van der Waals surface area contributed by atoms with Gasteiger partial charge in [0, 0.05) is 17.0 Å². The van der Waals surface area contributed by atoms with Crippen LogP contribution >= 0.6 is 0 Å². The minimum absolute atomic E-state index is 0.0368. The molecule has 158 valence electrons. The molecule has 0 radical (unpaired) electrons. The molecule has 0 saturated carbocycles. The first-order valence-electron chi connectivity index (χ1n) is 10.6. The molecule has 2 N–H and O–H groups in total. The van der Waals surface area contributed by atoms with Gasteiger partial charge in [0.15, 0.2) is 0 Å². The van der Waals surface area contributed by atoms with Crippen molar-refractivity contribution in [3.8, 4) is 0 Å². The predicted molar refractivity (Wildman–Crippen MR) is 122 cm³/mol. The summed E-state index contributed by atoms with van der Waals surface area (Å²) in [5, 5.41) is 7.11. The number of carbonyl (C=O) groups is 2. The molecule has 0 spiro atoms. The van der Waals surface area contributed by atoms with Crippen molar-refractivity contribution in [2.75, 3.05) is 5.32 Å². The number of nitrogens with one attached hydrogen (secondary N) is 2. The lowest BCUT2D eigenvalue weighted by atomic mass is 9.87. The van der Waals surface area contributed by atoms with Crippen molar-refractivity contribution < 1.29 is 9.59 Å². The van der Waals surface area contributed by atoms with Gasteiger partial charge in [0.25, 0.3) is 5.91 Å². The molecular formula is C25H31N3O2. The number of benzene rings is 2. The highest BCUT2D eigenvalue weighted by Crippen LogP contribution is 2.28. The van der Waals surface area contributed by atoms with Crippen LogP contribution in [0.25, 0.3) is 0 Å². The third-order valence-corrected chi connectivity index (χ3v) is 5.45. The molecule has 0 aliphatic heterocycles. The highest BCUT2D eigenvalue weighted by molar-refractivity contribution is 6.06. The number of hydrogen-bond acceptors (Lipinski definition) is 3. The summed E-state index contributed by atoms with van der Waals surface area (Å²) in [4.78, 5) is 24.8. The average molecular weight is 406 g/mol. The van der Waals surface area contributed by atoms with E-state index in [2.05, 4.69) is 42.7 Å². The van der Waals surface area contributed by atoms with Crippen molar-refractivity contribution in [3.05, 3.63) is 64.7 Å². The third-order valence-electron chi connectivity index (χ3n) is 5.45. The Morgan fingerprint density at radius 2 is 1.70 bits per heavy atom. The minimum atomic E-state index is -0.285.